The maximum absolute atomic E-state index is 12.6. The molecule has 0 heterocycles. The van der Waals surface area contributed by atoms with Gasteiger partial charge in [-0.15, -0.1) is 12.4 Å². The highest BCUT2D eigenvalue weighted by Crippen LogP contribution is 2.07. The number of nitriles is 1. The molecule has 0 radical (unpaired) electrons. The fraction of sp³-hybridized carbons (Fsp3) is 0. The molecule has 0 bridgehead atoms. The van der Waals surface area contributed by atoms with E-state index in [1.807, 2.05) is 0 Å². The van der Waals surface area contributed by atoms with Crippen molar-refractivity contribution in [2.45, 2.75) is 0 Å². The third kappa shape index (κ3) is 2.73. The molecule has 0 aliphatic carbocycles. The number of aromatic carboxylic acids is 1. The third-order valence-corrected chi connectivity index (χ3v) is 1.27. The summed E-state index contributed by atoms with van der Waals surface area (Å²) in [6.07, 6.45) is 0. The molecule has 3 nitrogen and oxygen atoms in total. The third-order valence-electron chi connectivity index (χ3n) is 1.27. The summed E-state index contributed by atoms with van der Waals surface area (Å²) in [7, 11) is 0. The Morgan fingerprint density at radius 1 is 1.46 bits per heavy atom. The van der Waals surface area contributed by atoms with E-state index in [2.05, 4.69) is 0 Å². The zero-order valence-electron chi connectivity index (χ0n) is 6.32. The highest BCUT2D eigenvalue weighted by atomic mass is 35.5. The summed E-state index contributed by atoms with van der Waals surface area (Å²) in [6.45, 7) is 0. The van der Waals surface area contributed by atoms with Gasteiger partial charge in [-0.05, 0) is 18.2 Å². The quantitative estimate of drug-likeness (QED) is 0.754. The van der Waals surface area contributed by atoms with E-state index < -0.39 is 11.8 Å². The number of carboxylic acids is 1. The average Bonchev–Trinajstić information content (AvgIpc) is 2.03. The number of carbonyl (C=O) groups is 1. The van der Waals surface area contributed by atoms with Crippen LogP contribution in [0.1, 0.15) is 15.9 Å². The zero-order valence-corrected chi connectivity index (χ0v) is 7.14. The van der Waals surface area contributed by atoms with E-state index in [0.29, 0.717) is 0 Å². The van der Waals surface area contributed by atoms with Crippen LogP contribution in [-0.2, 0) is 0 Å². The minimum atomic E-state index is -1.24. The van der Waals surface area contributed by atoms with Crippen LogP contribution in [-0.4, -0.2) is 11.1 Å². The molecule has 0 saturated carbocycles. The molecule has 0 unspecified atom stereocenters. The molecule has 1 N–H and O–H groups in total. The van der Waals surface area contributed by atoms with Gasteiger partial charge in [0.15, 0.2) is 0 Å². The Bertz CT molecular complexity index is 373. The number of benzene rings is 1. The first-order chi connectivity index (χ1) is 5.63. The Balaban J connectivity index is 0.00000144. The molecule has 0 atom stereocenters. The molecule has 0 saturated heterocycles. The Morgan fingerprint density at radius 2 is 2.08 bits per heavy atom. The summed E-state index contributed by atoms with van der Waals surface area (Å²) >= 11 is 0. The number of nitrogens with zero attached hydrogens (tertiary/aromatic N) is 1. The Labute approximate surface area is 79.8 Å². The number of carboxylic acid groups (broad SMARTS) is 1. The van der Waals surface area contributed by atoms with Gasteiger partial charge in [-0.25, -0.2) is 9.18 Å². The zero-order chi connectivity index (χ0) is 9.14. The van der Waals surface area contributed by atoms with E-state index in [4.69, 9.17) is 10.4 Å². The van der Waals surface area contributed by atoms with E-state index in [1.54, 1.807) is 6.07 Å². The van der Waals surface area contributed by atoms with Crippen molar-refractivity contribution < 1.29 is 14.3 Å². The number of hydrogen-bond acceptors (Lipinski definition) is 2. The maximum atomic E-state index is 12.6. The lowest BCUT2D eigenvalue weighted by molar-refractivity contribution is 0.0696. The van der Waals surface area contributed by atoms with Gasteiger partial charge in [-0.3, -0.25) is 0 Å². The summed E-state index contributed by atoms with van der Waals surface area (Å²) in [5, 5.41) is 16.8. The van der Waals surface area contributed by atoms with Crippen LogP contribution in [0.3, 0.4) is 0 Å². The van der Waals surface area contributed by atoms with Gasteiger partial charge in [0.1, 0.15) is 5.82 Å². The van der Waals surface area contributed by atoms with E-state index >= 15 is 0 Å². The van der Waals surface area contributed by atoms with E-state index in [9.17, 15) is 9.18 Å². The van der Waals surface area contributed by atoms with Crippen LogP contribution in [0.25, 0.3) is 0 Å². The van der Waals surface area contributed by atoms with Crippen molar-refractivity contribution >= 4 is 18.4 Å². The lowest BCUT2D eigenvalue weighted by atomic mass is 10.1. The van der Waals surface area contributed by atoms with Gasteiger partial charge in [-0.1, -0.05) is 0 Å². The largest absolute Gasteiger partial charge is 0.478 e. The molecule has 1 aromatic rings. The van der Waals surface area contributed by atoms with Gasteiger partial charge in [0.25, 0.3) is 0 Å². The molecule has 5 heteroatoms. The van der Waals surface area contributed by atoms with Gasteiger partial charge in [-0.2, -0.15) is 5.26 Å². The summed E-state index contributed by atoms with van der Waals surface area (Å²) in [5.74, 6) is -1.96. The molecule has 68 valence electrons. The Kier molecular flexibility index (Phi) is 3.89. The monoisotopic (exact) mass is 201 g/mol. The summed E-state index contributed by atoms with van der Waals surface area (Å²) in [6, 6.07) is 4.62. The Morgan fingerprint density at radius 3 is 2.54 bits per heavy atom. The van der Waals surface area contributed by atoms with Gasteiger partial charge in [0.05, 0.1) is 17.2 Å². The predicted octanol–water partition coefficient (Wildman–Crippen LogP) is 1.82. The van der Waals surface area contributed by atoms with Crippen LogP contribution in [0.15, 0.2) is 18.2 Å². The van der Waals surface area contributed by atoms with Crippen molar-refractivity contribution in [1.29, 1.82) is 5.26 Å². The molecular weight excluding hydrogens is 197 g/mol. The second kappa shape index (κ2) is 4.43. The maximum Gasteiger partial charge on any atom is 0.335 e. The first-order valence-electron chi connectivity index (χ1n) is 3.07. The van der Waals surface area contributed by atoms with Crippen molar-refractivity contribution in [3.05, 3.63) is 35.1 Å². The molecule has 13 heavy (non-hydrogen) atoms. The summed E-state index contributed by atoms with van der Waals surface area (Å²) < 4.78 is 12.6. The first kappa shape index (κ1) is 11.4. The van der Waals surface area contributed by atoms with Crippen LogP contribution < -0.4 is 0 Å². The SMILES string of the molecule is Cl.N#Cc1cc(F)cc(C(=O)O)c1. The lowest BCUT2D eigenvalue weighted by Crippen LogP contribution is -1.97. The standard InChI is InChI=1S/C8H4FNO2.ClH/c9-7-2-5(4-10)1-6(3-7)8(11)12;/h1-3H,(H,11,12);1H. The first-order valence-corrected chi connectivity index (χ1v) is 3.07. The fourth-order valence-electron chi connectivity index (χ4n) is 0.778. The normalized spacial score (nSPS) is 8.31. The van der Waals surface area contributed by atoms with E-state index in [1.165, 1.54) is 0 Å². The molecular formula is C8H5ClFNO2. The fourth-order valence-corrected chi connectivity index (χ4v) is 0.778. The molecule has 0 aliphatic heterocycles. The van der Waals surface area contributed by atoms with Crippen LogP contribution in [0.4, 0.5) is 4.39 Å². The Hall–Kier alpha value is -1.60. The predicted molar refractivity (Wildman–Crippen MR) is 45.3 cm³/mol. The summed E-state index contributed by atoms with van der Waals surface area (Å²) in [5.41, 5.74) is -0.209. The number of hydrogen-bond donors (Lipinski definition) is 1. The molecule has 1 aromatic carbocycles. The number of rotatable bonds is 1. The molecule has 0 spiro atoms. The van der Waals surface area contributed by atoms with Crippen molar-refractivity contribution in [1.82, 2.24) is 0 Å². The molecule has 0 fully saturated rings. The smallest absolute Gasteiger partial charge is 0.335 e. The molecule has 0 aromatic heterocycles. The van der Waals surface area contributed by atoms with E-state index in [0.717, 1.165) is 18.2 Å². The van der Waals surface area contributed by atoms with Gasteiger partial charge < -0.3 is 5.11 Å². The average molecular weight is 202 g/mol. The van der Waals surface area contributed by atoms with Gasteiger partial charge in [0.2, 0.25) is 0 Å². The van der Waals surface area contributed by atoms with Crippen molar-refractivity contribution in [3.63, 3.8) is 0 Å². The highest BCUT2D eigenvalue weighted by molar-refractivity contribution is 5.88. The van der Waals surface area contributed by atoms with Gasteiger partial charge >= 0.3 is 5.97 Å². The van der Waals surface area contributed by atoms with Crippen LogP contribution >= 0.6 is 12.4 Å². The molecule has 0 amide bonds. The van der Waals surface area contributed by atoms with Crippen LogP contribution in [0, 0.1) is 17.1 Å². The van der Waals surface area contributed by atoms with Crippen molar-refractivity contribution in [2.24, 2.45) is 0 Å². The lowest BCUT2D eigenvalue weighted by Gasteiger charge is -1.94. The highest BCUT2D eigenvalue weighted by Gasteiger charge is 2.05. The molecule has 1 rings (SSSR count). The van der Waals surface area contributed by atoms with Crippen molar-refractivity contribution in [2.75, 3.05) is 0 Å². The molecule has 0 aliphatic rings. The second-order valence-electron chi connectivity index (χ2n) is 2.15. The van der Waals surface area contributed by atoms with Crippen LogP contribution in [0.5, 0.6) is 0 Å². The van der Waals surface area contributed by atoms with E-state index in [-0.39, 0.29) is 23.5 Å². The van der Waals surface area contributed by atoms with Crippen molar-refractivity contribution in [3.8, 4) is 6.07 Å². The minimum Gasteiger partial charge on any atom is -0.478 e. The summed E-state index contributed by atoms with van der Waals surface area (Å²) in [4.78, 5) is 10.3. The topological polar surface area (TPSA) is 61.1 Å². The van der Waals surface area contributed by atoms with Crippen LogP contribution in [0.2, 0.25) is 0 Å². The number of halogens is 2. The minimum absolute atomic E-state index is 0. The van der Waals surface area contributed by atoms with Gasteiger partial charge in [0, 0.05) is 0 Å². The second-order valence-corrected chi connectivity index (χ2v) is 2.15.